The van der Waals surface area contributed by atoms with Gasteiger partial charge in [-0.2, -0.15) is 11.8 Å². The highest BCUT2D eigenvalue weighted by atomic mass is 35.5. The summed E-state index contributed by atoms with van der Waals surface area (Å²) in [5.74, 6) is 1.25. The Labute approximate surface area is 114 Å². The number of hydrogen-bond donors (Lipinski definition) is 1. The van der Waals surface area contributed by atoms with Crippen LogP contribution in [0.25, 0.3) is 0 Å². The Bertz CT molecular complexity index is 437. The number of rotatable bonds is 2. The van der Waals surface area contributed by atoms with Crippen molar-refractivity contribution in [1.29, 1.82) is 0 Å². The van der Waals surface area contributed by atoms with E-state index in [1.807, 2.05) is 0 Å². The molecule has 1 fully saturated rings. The Morgan fingerprint density at radius 2 is 2.18 bits per heavy atom. The van der Waals surface area contributed by atoms with Gasteiger partial charge < -0.3 is 5.11 Å². The van der Waals surface area contributed by atoms with Gasteiger partial charge in [0.25, 0.3) is 0 Å². The molecule has 2 rings (SSSR count). The van der Waals surface area contributed by atoms with Gasteiger partial charge in [0.15, 0.2) is 0 Å². The van der Waals surface area contributed by atoms with Crippen molar-refractivity contribution in [2.45, 2.75) is 12.5 Å². The number of thioether (sulfide) groups is 1. The van der Waals surface area contributed by atoms with E-state index in [1.54, 1.807) is 30.0 Å². The van der Waals surface area contributed by atoms with Gasteiger partial charge in [-0.25, -0.2) is 0 Å². The molecule has 1 saturated heterocycles. The van der Waals surface area contributed by atoms with E-state index in [9.17, 15) is 9.90 Å². The van der Waals surface area contributed by atoms with Crippen LogP contribution < -0.4 is 0 Å². The summed E-state index contributed by atoms with van der Waals surface area (Å²) in [6.45, 7) is 0. The van der Waals surface area contributed by atoms with E-state index in [2.05, 4.69) is 0 Å². The number of aliphatic hydroxyl groups excluding tert-OH is 1. The third-order valence-electron chi connectivity index (χ3n) is 2.87. The zero-order chi connectivity index (χ0) is 12.4. The Morgan fingerprint density at radius 3 is 2.82 bits per heavy atom. The molecule has 0 bridgehead atoms. The Balaban J connectivity index is 2.23. The standard InChI is InChI=1S/C12H12Cl2O2S/c13-7-1-2-8(10(14)5-7)12(16)9-6-17-4-3-11(9)15/h1-2,5,9,12,16H,3-4,6H2/t9-,12+/m0/s1. The summed E-state index contributed by atoms with van der Waals surface area (Å²) in [6.07, 6.45) is -0.308. The first-order chi connectivity index (χ1) is 8.09. The molecule has 0 spiro atoms. The molecule has 1 aromatic carbocycles. The van der Waals surface area contributed by atoms with Crippen LogP contribution in [0.2, 0.25) is 10.0 Å². The first kappa shape index (κ1) is 13.2. The smallest absolute Gasteiger partial charge is 0.140 e. The number of carbonyl (C=O) groups is 1. The van der Waals surface area contributed by atoms with Gasteiger partial charge in [-0.1, -0.05) is 29.3 Å². The van der Waals surface area contributed by atoms with Crippen LogP contribution in [0.1, 0.15) is 18.1 Å². The predicted octanol–water partition coefficient (Wildman–Crippen LogP) is 3.35. The van der Waals surface area contributed by atoms with Gasteiger partial charge in [-0.05, 0) is 17.7 Å². The SMILES string of the molecule is O=C1CCSC[C@@H]1[C@H](O)c1ccc(Cl)cc1Cl. The van der Waals surface area contributed by atoms with Crippen molar-refractivity contribution in [2.75, 3.05) is 11.5 Å². The molecule has 0 saturated carbocycles. The molecule has 17 heavy (non-hydrogen) atoms. The molecule has 2 atom stereocenters. The van der Waals surface area contributed by atoms with Crippen LogP contribution in [0, 0.1) is 5.92 Å². The second kappa shape index (κ2) is 5.61. The minimum absolute atomic E-state index is 0.113. The van der Waals surface area contributed by atoms with Crippen LogP contribution in [0.3, 0.4) is 0 Å². The number of halogens is 2. The maximum atomic E-state index is 11.7. The lowest BCUT2D eigenvalue weighted by Gasteiger charge is -2.25. The number of carbonyl (C=O) groups excluding carboxylic acids is 1. The highest BCUT2D eigenvalue weighted by Crippen LogP contribution is 2.35. The van der Waals surface area contributed by atoms with Gasteiger partial charge in [-0.3, -0.25) is 4.79 Å². The second-order valence-corrected chi connectivity index (χ2v) is 6.00. The highest BCUT2D eigenvalue weighted by molar-refractivity contribution is 7.99. The fourth-order valence-corrected chi connectivity index (χ4v) is 3.54. The Hall–Kier alpha value is -0.220. The number of Topliss-reactive ketones (excluding diaryl/α,β-unsaturated/α-hetero) is 1. The lowest BCUT2D eigenvalue weighted by molar-refractivity contribution is -0.125. The minimum atomic E-state index is -0.833. The quantitative estimate of drug-likeness (QED) is 0.908. The molecule has 5 heteroatoms. The maximum Gasteiger partial charge on any atom is 0.140 e. The summed E-state index contributed by atoms with van der Waals surface area (Å²) in [5.41, 5.74) is 0.580. The monoisotopic (exact) mass is 290 g/mol. The molecule has 0 aliphatic carbocycles. The van der Waals surface area contributed by atoms with Crippen molar-refractivity contribution >= 4 is 40.7 Å². The van der Waals surface area contributed by atoms with Gasteiger partial charge in [0, 0.05) is 28.0 Å². The fraction of sp³-hybridized carbons (Fsp3) is 0.417. The molecule has 1 aromatic rings. The Morgan fingerprint density at radius 1 is 1.41 bits per heavy atom. The van der Waals surface area contributed by atoms with Crippen molar-refractivity contribution in [1.82, 2.24) is 0 Å². The first-order valence-electron chi connectivity index (χ1n) is 5.33. The van der Waals surface area contributed by atoms with Crippen molar-refractivity contribution in [3.05, 3.63) is 33.8 Å². The van der Waals surface area contributed by atoms with Gasteiger partial charge in [-0.15, -0.1) is 0 Å². The number of hydrogen-bond acceptors (Lipinski definition) is 3. The van der Waals surface area contributed by atoms with Gasteiger partial charge in [0.2, 0.25) is 0 Å². The van der Waals surface area contributed by atoms with E-state index >= 15 is 0 Å². The molecule has 2 nitrogen and oxygen atoms in total. The van der Waals surface area contributed by atoms with Crippen molar-refractivity contribution in [3.8, 4) is 0 Å². The molecule has 0 aromatic heterocycles. The lowest BCUT2D eigenvalue weighted by Crippen LogP contribution is -2.28. The van der Waals surface area contributed by atoms with E-state index in [-0.39, 0.29) is 11.7 Å². The van der Waals surface area contributed by atoms with Crippen LogP contribution in [-0.2, 0) is 4.79 Å². The summed E-state index contributed by atoms with van der Waals surface area (Å²) in [5, 5.41) is 11.2. The highest BCUT2D eigenvalue weighted by Gasteiger charge is 2.31. The Kier molecular flexibility index (Phi) is 4.36. The van der Waals surface area contributed by atoms with E-state index < -0.39 is 6.10 Å². The van der Waals surface area contributed by atoms with Crippen LogP contribution in [0.4, 0.5) is 0 Å². The van der Waals surface area contributed by atoms with Crippen molar-refractivity contribution in [2.24, 2.45) is 5.92 Å². The molecule has 92 valence electrons. The summed E-state index contributed by atoms with van der Waals surface area (Å²) < 4.78 is 0. The normalized spacial score (nSPS) is 22.5. The third-order valence-corrected chi connectivity index (χ3v) is 4.52. The van der Waals surface area contributed by atoms with Gasteiger partial charge in [0.1, 0.15) is 5.78 Å². The molecular formula is C12H12Cl2O2S. The van der Waals surface area contributed by atoms with Gasteiger partial charge >= 0.3 is 0 Å². The first-order valence-corrected chi connectivity index (χ1v) is 7.24. The lowest BCUT2D eigenvalue weighted by atomic mass is 9.92. The molecular weight excluding hydrogens is 279 g/mol. The summed E-state index contributed by atoms with van der Waals surface area (Å²) >= 11 is 13.5. The van der Waals surface area contributed by atoms with E-state index in [0.29, 0.717) is 27.8 Å². The molecule has 0 radical (unpaired) electrons. The zero-order valence-electron chi connectivity index (χ0n) is 9.03. The van der Waals surface area contributed by atoms with E-state index in [0.717, 1.165) is 5.75 Å². The summed E-state index contributed by atoms with van der Waals surface area (Å²) in [7, 11) is 0. The molecule has 1 N–H and O–H groups in total. The summed E-state index contributed by atoms with van der Waals surface area (Å²) in [6, 6.07) is 4.94. The maximum absolute atomic E-state index is 11.7. The molecule has 1 aliphatic heterocycles. The topological polar surface area (TPSA) is 37.3 Å². The predicted molar refractivity (Wildman–Crippen MR) is 71.9 cm³/mol. The third kappa shape index (κ3) is 2.97. The van der Waals surface area contributed by atoms with Gasteiger partial charge in [0.05, 0.1) is 12.0 Å². The van der Waals surface area contributed by atoms with E-state index in [1.165, 1.54) is 0 Å². The van der Waals surface area contributed by atoms with Crippen LogP contribution in [-0.4, -0.2) is 22.4 Å². The second-order valence-electron chi connectivity index (χ2n) is 4.01. The molecule has 1 aliphatic rings. The zero-order valence-corrected chi connectivity index (χ0v) is 11.4. The largest absolute Gasteiger partial charge is 0.388 e. The molecule has 0 unspecified atom stereocenters. The van der Waals surface area contributed by atoms with Crippen molar-refractivity contribution < 1.29 is 9.90 Å². The summed E-state index contributed by atoms with van der Waals surface area (Å²) in [4.78, 5) is 11.7. The van der Waals surface area contributed by atoms with E-state index in [4.69, 9.17) is 23.2 Å². The molecule has 0 amide bonds. The number of aliphatic hydroxyl groups is 1. The van der Waals surface area contributed by atoms with Crippen molar-refractivity contribution in [3.63, 3.8) is 0 Å². The van der Waals surface area contributed by atoms with Crippen LogP contribution in [0.15, 0.2) is 18.2 Å². The minimum Gasteiger partial charge on any atom is -0.388 e. The average Bonchev–Trinajstić information content (AvgIpc) is 2.29. The fourth-order valence-electron chi connectivity index (χ4n) is 1.89. The number of benzene rings is 1. The average molecular weight is 291 g/mol. The van der Waals surface area contributed by atoms with Crippen LogP contribution >= 0.6 is 35.0 Å². The molecule has 1 heterocycles. The number of ketones is 1. The van der Waals surface area contributed by atoms with Crippen LogP contribution in [0.5, 0.6) is 0 Å².